The third-order valence-electron chi connectivity index (χ3n) is 2.74. The lowest BCUT2D eigenvalue weighted by Gasteiger charge is -2.05. The van der Waals surface area contributed by atoms with Crippen molar-refractivity contribution in [1.82, 2.24) is 4.98 Å². The number of hydrogen-bond acceptors (Lipinski definition) is 5. The van der Waals surface area contributed by atoms with Crippen LogP contribution in [0.5, 0.6) is 5.75 Å². The van der Waals surface area contributed by atoms with E-state index in [2.05, 4.69) is 15.0 Å². The first-order valence-electron chi connectivity index (χ1n) is 6.08. The van der Waals surface area contributed by atoms with Gasteiger partial charge >= 0.3 is 6.61 Å². The molecule has 5 nitrogen and oxygen atoms in total. The molecule has 0 amide bonds. The highest BCUT2D eigenvalue weighted by Gasteiger charge is 2.07. The standard InChI is InChI=1S/C14H11F2N3O2/c15-13(16)20-10-4-2-9(3-5-10)18-14-19-11-7-8(17)1-6-12(11)21-14/h1-7,13H,17H2,(H,18,19). The maximum Gasteiger partial charge on any atom is 0.387 e. The van der Waals surface area contributed by atoms with Crippen LogP contribution in [-0.2, 0) is 0 Å². The number of nitrogens with one attached hydrogen (secondary N) is 1. The summed E-state index contributed by atoms with van der Waals surface area (Å²) >= 11 is 0. The summed E-state index contributed by atoms with van der Waals surface area (Å²) < 4.78 is 33.9. The maximum absolute atomic E-state index is 12.0. The molecule has 0 radical (unpaired) electrons. The number of ether oxygens (including phenoxy) is 1. The number of nitrogen functional groups attached to an aromatic ring is 1. The topological polar surface area (TPSA) is 73.3 Å². The van der Waals surface area contributed by atoms with Crippen LogP contribution in [0.3, 0.4) is 0 Å². The molecule has 0 aliphatic heterocycles. The summed E-state index contributed by atoms with van der Waals surface area (Å²) in [5.74, 6) is 0.0842. The quantitative estimate of drug-likeness (QED) is 0.716. The van der Waals surface area contributed by atoms with E-state index in [4.69, 9.17) is 10.2 Å². The van der Waals surface area contributed by atoms with Gasteiger partial charge in [-0.25, -0.2) is 0 Å². The largest absolute Gasteiger partial charge is 0.435 e. The Balaban J connectivity index is 1.78. The molecule has 0 unspecified atom stereocenters. The first-order valence-corrected chi connectivity index (χ1v) is 6.08. The average Bonchev–Trinajstić information content (AvgIpc) is 2.82. The molecule has 0 saturated heterocycles. The Morgan fingerprint density at radius 2 is 1.90 bits per heavy atom. The molecule has 1 heterocycles. The maximum atomic E-state index is 12.0. The van der Waals surface area contributed by atoms with Crippen LogP contribution >= 0.6 is 0 Å². The third kappa shape index (κ3) is 3.02. The molecule has 0 spiro atoms. The minimum Gasteiger partial charge on any atom is -0.435 e. The molecule has 2 aromatic carbocycles. The molecule has 0 aliphatic carbocycles. The van der Waals surface area contributed by atoms with Crippen LogP contribution in [0.4, 0.5) is 26.2 Å². The van der Waals surface area contributed by atoms with Crippen molar-refractivity contribution in [1.29, 1.82) is 0 Å². The molecule has 0 bridgehead atoms. The number of nitrogens with zero attached hydrogens (tertiary/aromatic N) is 1. The smallest absolute Gasteiger partial charge is 0.387 e. The van der Waals surface area contributed by atoms with Crippen LogP contribution in [0.2, 0.25) is 0 Å². The van der Waals surface area contributed by atoms with Gasteiger partial charge in [0.25, 0.3) is 6.01 Å². The van der Waals surface area contributed by atoms with E-state index in [0.717, 1.165) is 0 Å². The van der Waals surface area contributed by atoms with Gasteiger partial charge in [-0.05, 0) is 42.5 Å². The lowest BCUT2D eigenvalue weighted by Crippen LogP contribution is -2.01. The highest BCUT2D eigenvalue weighted by molar-refractivity contribution is 5.78. The molecule has 0 atom stereocenters. The van der Waals surface area contributed by atoms with Crippen molar-refractivity contribution in [2.75, 3.05) is 11.1 Å². The van der Waals surface area contributed by atoms with Crippen molar-refractivity contribution < 1.29 is 17.9 Å². The molecular formula is C14H11F2N3O2. The Morgan fingerprint density at radius 3 is 2.62 bits per heavy atom. The van der Waals surface area contributed by atoms with E-state index >= 15 is 0 Å². The van der Waals surface area contributed by atoms with Crippen LogP contribution in [0, 0.1) is 0 Å². The van der Waals surface area contributed by atoms with Gasteiger partial charge in [-0.3, -0.25) is 0 Å². The number of alkyl halides is 2. The summed E-state index contributed by atoms with van der Waals surface area (Å²) in [6.07, 6.45) is 0. The molecule has 108 valence electrons. The van der Waals surface area contributed by atoms with Crippen LogP contribution in [0.25, 0.3) is 11.1 Å². The Kier molecular flexibility index (Phi) is 3.31. The third-order valence-corrected chi connectivity index (χ3v) is 2.74. The fourth-order valence-corrected chi connectivity index (χ4v) is 1.84. The van der Waals surface area contributed by atoms with E-state index in [1.54, 1.807) is 30.3 Å². The SMILES string of the molecule is Nc1ccc2oc(Nc3ccc(OC(F)F)cc3)nc2c1. The van der Waals surface area contributed by atoms with Crippen molar-refractivity contribution in [3.63, 3.8) is 0 Å². The summed E-state index contributed by atoms with van der Waals surface area (Å²) in [5, 5.41) is 2.93. The summed E-state index contributed by atoms with van der Waals surface area (Å²) in [6.45, 7) is -2.84. The first-order chi connectivity index (χ1) is 10.1. The number of rotatable bonds is 4. The van der Waals surface area contributed by atoms with E-state index in [-0.39, 0.29) is 11.8 Å². The van der Waals surface area contributed by atoms with E-state index in [0.29, 0.717) is 22.5 Å². The molecule has 7 heteroatoms. The van der Waals surface area contributed by atoms with E-state index < -0.39 is 6.61 Å². The first kappa shape index (κ1) is 13.2. The Bertz CT molecular complexity index is 757. The van der Waals surface area contributed by atoms with Gasteiger partial charge in [0.1, 0.15) is 11.3 Å². The highest BCUT2D eigenvalue weighted by atomic mass is 19.3. The average molecular weight is 291 g/mol. The molecule has 0 fully saturated rings. The van der Waals surface area contributed by atoms with Crippen LogP contribution in [0.1, 0.15) is 0 Å². The van der Waals surface area contributed by atoms with Gasteiger partial charge in [0.15, 0.2) is 5.58 Å². The summed E-state index contributed by atoms with van der Waals surface area (Å²) in [7, 11) is 0. The molecular weight excluding hydrogens is 280 g/mol. The zero-order valence-electron chi connectivity index (χ0n) is 10.7. The normalized spacial score (nSPS) is 11.0. The minimum atomic E-state index is -2.84. The fraction of sp³-hybridized carbons (Fsp3) is 0.0714. The van der Waals surface area contributed by atoms with Crippen LogP contribution < -0.4 is 15.8 Å². The van der Waals surface area contributed by atoms with Gasteiger partial charge in [0.2, 0.25) is 0 Å². The lowest BCUT2D eigenvalue weighted by molar-refractivity contribution is -0.0498. The lowest BCUT2D eigenvalue weighted by atomic mass is 10.3. The number of anilines is 3. The Labute approximate surface area is 118 Å². The minimum absolute atomic E-state index is 0.0842. The Morgan fingerprint density at radius 1 is 1.14 bits per heavy atom. The van der Waals surface area contributed by atoms with Gasteiger partial charge in [0.05, 0.1) is 0 Å². The van der Waals surface area contributed by atoms with Gasteiger partial charge in [0, 0.05) is 11.4 Å². The molecule has 3 N–H and O–H groups in total. The van der Waals surface area contributed by atoms with E-state index in [1.807, 2.05) is 0 Å². The number of aromatic nitrogens is 1. The second-order valence-corrected chi connectivity index (χ2v) is 4.27. The molecule has 0 saturated carbocycles. The molecule has 3 aromatic rings. The fourth-order valence-electron chi connectivity index (χ4n) is 1.84. The molecule has 21 heavy (non-hydrogen) atoms. The highest BCUT2D eigenvalue weighted by Crippen LogP contribution is 2.25. The van der Waals surface area contributed by atoms with Crippen molar-refractivity contribution in [3.05, 3.63) is 42.5 Å². The summed E-state index contributed by atoms with van der Waals surface area (Å²) in [5.41, 5.74) is 8.13. The second kappa shape index (κ2) is 5.28. The van der Waals surface area contributed by atoms with Gasteiger partial charge in [-0.15, -0.1) is 0 Å². The van der Waals surface area contributed by atoms with Crippen LogP contribution in [-0.4, -0.2) is 11.6 Å². The van der Waals surface area contributed by atoms with Gasteiger partial charge in [-0.1, -0.05) is 0 Å². The zero-order valence-corrected chi connectivity index (χ0v) is 10.7. The summed E-state index contributed by atoms with van der Waals surface area (Å²) in [4.78, 5) is 4.23. The monoisotopic (exact) mass is 291 g/mol. The van der Waals surface area contributed by atoms with Crippen molar-refractivity contribution in [2.24, 2.45) is 0 Å². The number of halogens is 2. The number of hydrogen-bond donors (Lipinski definition) is 2. The predicted molar refractivity (Wildman–Crippen MR) is 74.8 cm³/mol. The van der Waals surface area contributed by atoms with E-state index in [9.17, 15) is 8.78 Å². The number of nitrogens with two attached hydrogens (primary N) is 1. The molecule has 1 aromatic heterocycles. The number of fused-ring (bicyclic) bond motifs is 1. The van der Waals surface area contributed by atoms with Crippen LogP contribution in [0.15, 0.2) is 46.9 Å². The van der Waals surface area contributed by atoms with Crippen molar-refractivity contribution >= 4 is 28.5 Å². The van der Waals surface area contributed by atoms with Crippen molar-refractivity contribution in [2.45, 2.75) is 6.61 Å². The number of benzene rings is 2. The molecule has 3 rings (SSSR count). The van der Waals surface area contributed by atoms with E-state index in [1.165, 1.54) is 12.1 Å². The second-order valence-electron chi connectivity index (χ2n) is 4.27. The predicted octanol–water partition coefficient (Wildman–Crippen LogP) is 3.76. The zero-order chi connectivity index (χ0) is 14.8. The Hall–Kier alpha value is -2.83. The molecule has 0 aliphatic rings. The summed E-state index contributed by atoms with van der Waals surface area (Å²) in [6, 6.07) is 11.4. The van der Waals surface area contributed by atoms with Gasteiger partial charge in [-0.2, -0.15) is 13.8 Å². The van der Waals surface area contributed by atoms with Crippen molar-refractivity contribution in [3.8, 4) is 5.75 Å². The van der Waals surface area contributed by atoms with Gasteiger partial charge < -0.3 is 20.2 Å². The number of oxazole rings is 1.